The number of hydrogen-bond acceptors (Lipinski definition) is 3. The van der Waals surface area contributed by atoms with E-state index >= 15 is 0 Å². The van der Waals surface area contributed by atoms with Crippen LogP contribution in [-0.4, -0.2) is 24.5 Å². The van der Waals surface area contributed by atoms with Gasteiger partial charge in [0, 0.05) is 24.7 Å². The molecule has 0 radical (unpaired) electrons. The van der Waals surface area contributed by atoms with Gasteiger partial charge in [0.2, 0.25) is 0 Å². The summed E-state index contributed by atoms with van der Waals surface area (Å²) in [5.41, 5.74) is 1.33. The molecule has 0 aliphatic heterocycles. The number of nitrogens with zero attached hydrogens (tertiary/aromatic N) is 1. The normalized spacial score (nSPS) is 20.1. The van der Waals surface area contributed by atoms with E-state index in [9.17, 15) is 0 Å². The first-order valence-corrected chi connectivity index (χ1v) is 6.78. The van der Waals surface area contributed by atoms with Gasteiger partial charge in [-0.05, 0) is 44.7 Å². The van der Waals surface area contributed by atoms with Crippen LogP contribution in [0.15, 0.2) is 16.7 Å². The van der Waals surface area contributed by atoms with Crippen molar-refractivity contribution in [1.82, 2.24) is 10.2 Å². The van der Waals surface area contributed by atoms with E-state index < -0.39 is 0 Å². The average Bonchev–Trinajstić information content (AvgIpc) is 3.20. The third-order valence-corrected chi connectivity index (χ3v) is 3.68. The first-order valence-electron chi connectivity index (χ1n) is 6.78. The largest absolute Gasteiger partial charge is 0.468 e. The molecular weight excluding hydrogens is 212 g/mol. The zero-order valence-electron chi connectivity index (χ0n) is 10.6. The molecule has 1 aromatic rings. The highest BCUT2D eigenvalue weighted by atomic mass is 16.3. The van der Waals surface area contributed by atoms with Crippen molar-refractivity contribution < 1.29 is 4.42 Å². The molecule has 0 spiro atoms. The molecule has 17 heavy (non-hydrogen) atoms. The maximum atomic E-state index is 5.61. The minimum absolute atomic E-state index is 0.766. The maximum absolute atomic E-state index is 5.61. The van der Waals surface area contributed by atoms with Crippen LogP contribution in [0.25, 0.3) is 0 Å². The van der Waals surface area contributed by atoms with E-state index in [4.69, 9.17) is 4.42 Å². The van der Waals surface area contributed by atoms with Crippen LogP contribution in [0.3, 0.4) is 0 Å². The number of furan rings is 1. The molecule has 0 bridgehead atoms. The molecule has 2 fully saturated rings. The Labute approximate surface area is 103 Å². The summed E-state index contributed by atoms with van der Waals surface area (Å²) in [7, 11) is 2.19. The van der Waals surface area contributed by atoms with E-state index in [1.807, 2.05) is 6.26 Å². The monoisotopic (exact) mass is 234 g/mol. The Kier molecular flexibility index (Phi) is 3.21. The summed E-state index contributed by atoms with van der Waals surface area (Å²) >= 11 is 0. The maximum Gasteiger partial charge on any atom is 0.122 e. The second kappa shape index (κ2) is 4.83. The summed E-state index contributed by atoms with van der Waals surface area (Å²) < 4.78 is 5.61. The lowest BCUT2D eigenvalue weighted by Gasteiger charge is -2.15. The molecule has 2 saturated carbocycles. The van der Waals surface area contributed by atoms with Crippen molar-refractivity contribution in [2.45, 2.75) is 44.8 Å². The van der Waals surface area contributed by atoms with Gasteiger partial charge in [-0.1, -0.05) is 0 Å². The van der Waals surface area contributed by atoms with E-state index in [-0.39, 0.29) is 0 Å². The van der Waals surface area contributed by atoms with Gasteiger partial charge in [0.1, 0.15) is 5.76 Å². The van der Waals surface area contributed by atoms with Crippen molar-refractivity contribution in [3.63, 3.8) is 0 Å². The summed E-state index contributed by atoms with van der Waals surface area (Å²) in [6.45, 7) is 3.13. The Morgan fingerprint density at radius 3 is 2.88 bits per heavy atom. The lowest BCUT2D eigenvalue weighted by Crippen LogP contribution is -2.22. The lowest BCUT2D eigenvalue weighted by atomic mass is 10.2. The minimum Gasteiger partial charge on any atom is -0.468 e. The van der Waals surface area contributed by atoms with Gasteiger partial charge in [-0.15, -0.1) is 0 Å². The fraction of sp³-hybridized carbons (Fsp3) is 0.714. The molecule has 0 aromatic carbocycles. The van der Waals surface area contributed by atoms with E-state index in [0.29, 0.717) is 0 Å². The van der Waals surface area contributed by atoms with Crippen LogP contribution in [0.1, 0.15) is 37.0 Å². The topological polar surface area (TPSA) is 28.4 Å². The molecule has 3 heteroatoms. The molecule has 94 valence electrons. The van der Waals surface area contributed by atoms with Gasteiger partial charge >= 0.3 is 0 Å². The highest BCUT2D eigenvalue weighted by Crippen LogP contribution is 2.30. The third kappa shape index (κ3) is 3.33. The minimum atomic E-state index is 0.766. The quantitative estimate of drug-likeness (QED) is 0.785. The molecule has 0 unspecified atom stereocenters. The standard InChI is InChI=1S/C14H22N2O/c1-16(9-11-2-3-11)10-14-12(6-7-17-14)8-15-13-4-5-13/h6-7,11,13,15H,2-5,8-10H2,1H3. The second-order valence-corrected chi connectivity index (χ2v) is 5.66. The summed E-state index contributed by atoms with van der Waals surface area (Å²) in [5, 5.41) is 3.55. The molecule has 0 atom stereocenters. The Balaban J connectivity index is 1.51. The van der Waals surface area contributed by atoms with E-state index in [2.05, 4.69) is 23.3 Å². The molecular formula is C14H22N2O. The highest BCUT2D eigenvalue weighted by molar-refractivity contribution is 5.17. The van der Waals surface area contributed by atoms with Gasteiger partial charge in [-0.2, -0.15) is 0 Å². The van der Waals surface area contributed by atoms with Crippen LogP contribution in [0.2, 0.25) is 0 Å². The first-order chi connectivity index (χ1) is 8.31. The number of rotatable bonds is 7. The van der Waals surface area contributed by atoms with Crippen LogP contribution < -0.4 is 5.32 Å². The van der Waals surface area contributed by atoms with Crippen molar-refractivity contribution in [2.24, 2.45) is 5.92 Å². The number of hydrogen-bond donors (Lipinski definition) is 1. The summed E-state index contributed by atoms with van der Waals surface area (Å²) in [6, 6.07) is 2.87. The molecule has 2 aliphatic rings. The van der Waals surface area contributed by atoms with Crippen LogP contribution in [0.4, 0.5) is 0 Å². The van der Waals surface area contributed by atoms with Crippen molar-refractivity contribution >= 4 is 0 Å². The van der Waals surface area contributed by atoms with Crippen LogP contribution in [0.5, 0.6) is 0 Å². The predicted octanol–water partition coefficient (Wildman–Crippen LogP) is 2.37. The van der Waals surface area contributed by atoms with Gasteiger partial charge in [-0.3, -0.25) is 4.90 Å². The zero-order valence-corrected chi connectivity index (χ0v) is 10.6. The van der Waals surface area contributed by atoms with Gasteiger partial charge in [0.25, 0.3) is 0 Å². The molecule has 1 N–H and O–H groups in total. The third-order valence-electron chi connectivity index (χ3n) is 3.68. The van der Waals surface area contributed by atoms with Crippen molar-refractivity contribution in [1.29, 1.82) is 0 Å². The molecule has 0 amide bonds. The van der Waals surface area contributed by atoms with Crippen LogP contribution >= 0.6 is 0 Å². The highest BCUT2D eigenvalue weighted by Gasteiger charge is 2.24. The molecule has 2 aliphatic carbocycles. The zero-order chi connectivity index (χ0) is 11.7. The van der Waals surface area contributed by atoms with Gasteiger partial charge in [0.05, 0.1) is 12.8 Å². The van der Waals surface area contributed by atoms with Crippen LogP contribution in [0, 0.1) is 5.92 Å². The lowest BCUT2D eigenvalue weighted by molar-refractivity contribution is 0.282. The summed E-state index contributed by atoms with van der Waals surface area (Å²) in [6.07, 6.45) is 7.34. The molecule has 3 rings (SSSR count). The Morgan fingerprint density at radius 2 is 2.18 bits per heavy atom. The SMILES string of the molecule is CN(Cc1occc1CNC1CC1)CC1CC1. The van der Waals surface area contributed by atoms with Gasteiger partial charge in [-0.25, -0.2) is 0 Å². The molecule has 1 aromatic heterocycles. The van der Waals surface area contributed by atoms with E-state index in [1.54, 1.807) is 0 Å². The molecule has 3 nitrogen and oxygen atoms in total. The summed E-state index contributed by atoms with van der Waals surface area (Å²) in [4.78, 5) is 2.39. The smallest absolute Gasteiger partial charge is 0.122 e. The van der Waals surface area contributed by atoms with Crippen LogP contribution in [-0.2, 0) is 13.1 Å². The Morgan fingerprint density at radius 1 is 1.35 bits per heavy atom. The first kappa shape index (κ1) is 11.3. The molecule has 1 heterocycles. The van der Waals surface area contributed by atoms with Gasteiger partial charge in [0.15, 0.2) is 0 Å². The fourth-order valence-electron chi connectivity index (χ4n) is 2.26. The number of nitrogens with one attached hydrogen (secondary N) is 1. The van der Waals surface area contributed by atoms with Gasteiger partial charge < -0.3 is 9.73 Å². The second-order valence-electron chi connectivity index (χ2n) is 5.66. The Bertz CT molecular complexity index is 366. The Hall–Kier alpha value is -0.800. The van der Waals surface area contributed by atoms with Crippen molar-refractivity contribution in [2.75, 3.05) is 13.6 Å². The van der Waals surface area contributed by atoms with E-state index in [1.165, 1.54) is 37.8 Å². The van der Waals surface area contributed by atoms with Crippen molar-refractivity contribution in [3.05, 3.63) is 23.7 Å². The predicted molar refractivity (Wildman–Crippen MR) is 67.6 cm³/mol. The fourth-order valence-corrected chi connectivity index (χ4v) is 2.26. The molecule has 0 saturated heterocycles. The summed E-state index contributed by atoms with van der Waals surface area (Å²) in [5.74, 6) is 2.09. The average molecular weight is 234 g/mol. The van der Waals surface area contributed by atoms with Crippen molar-refractivity contribution in [3.8, 4) is 0 Å². The van der Waals surface area contributed by atoms with E-state index in [0.717, 1.165) is 30.8 Å².